The third-order valence-corrected chi connectivity index (χ3v) is 8.49. The number of esters is 1. The largest absolute Gasteiger partial charge is 0.492 e. The molecule has 0 radical (unpaired) electrons. The van der Waals surface area contributed by atoms with Crippen molar-refractivity contribution >= 4 is 22.8 Å². The molecular weight excluding hydrogens is 626 g/mol. The maximum absolute atomic E-state index is 13.3. The van der Waals surface area contributed by atoms with Crippen LogP contribution in [0.5, 0.6) is 11.5 Å². The van der Waals surface area contributed by atoms with Crippen molar-refractivity contribution in [1.29, 1.82) is 0 Å². The van der Waals surface area contributed by atoms with E-state index in [9.17, 15) is 9.59 Å². The molecule has 0 fully saturated rings. The van der Waals surface area contributed by atoms with Gasteiger partial charge in [-0.1, -0.05) is 91.0 Å². The van der Waals surface area contributed by atoms with Gasteiger partial charge in [0.1, 0.15) is 30.8 Å². The molecule has 0 saturated heterocycles. The topological polar surface area (TPSA) is 92.9 Å². The zero-order valence-electron chi connectivity index (χ0n) is 28.1. The number of H-pyrrole nitrogens is 1. The quantitative estimate of drug-likeness (QED) is 0.105. The van der Waals surface area contributed by atoms with Crippen molar-refractivity contribution in [3.63, 3.8) is 0 Å². The van der Waals surface area contributed by atoms with E-state index in [-0.39, 0.29) is 12.3 Å². The molecule has 0 bridgehead atoms. The number of nitrogens with zero attached hydrogens (tertiary/aromatic N) is 1. The first-order chi connectivity index (χ1) is 24.5. The smallest absolute Gasteiger partial charge is 0.328 e. The predicted octanol–water partition coefficient (Wildman–Crippen LogP) is 7.34. The summed E-state index contributed by atoms with van der Waals surface area (Å²) in [4.78, 5) is 31.7. The van der Waals surface area contributed by atoms with Crippen LogP contribution in [0.3, 0.4) is 0 Å². The second kappa shape index (κ2) is 17.0. The molecule has 2 N–H and O–H groups in total. The van der Waals surface area contributed by atoms with Crippen LogP contribution in [0.4, 0.5) is 0 Å². The molecule has 8 nitrogen and oxygen atoms in total. The highest BCUT2D eigenvalue weighted by Crippen LogP contribution is 2.26. The van der Waals surface area contributed by atoms with Gasteiger partial charge in [-0.2, -0.15) is 0 Å². The fourth-order valence-electron chi connectivity index (χ4n) is 5.85. The van der Waals surface area contributed by atoms with Crippen LogP contribution < -0.4 is 14.8 Å². The van der Waals surface area contributed by atoms with Gasteiger partial charge in [0.25, 0.3) is 5.91 Å². The molecule has 1 unspecified atom stereocenters. The second-order valence-corrected chi connectivity index (χ2v) is 12.1. The normalized spacial score (nSPS) is 11.6. The van der Waals surface area contributed by atoms with Gasteiger partial charge in [0, 0.05) is 48.7 Å². The van der Waals surface area contributed by atoms with E-state index in [2.05, 4.69) is 63.7 Å². The summed E-state index contributed by atoms with van der Waals surface area (Å²) >= 11 is 0. The molecule has 0 spiro atoms. The minimum absolute atomic E-state index is 0.240. The van der Waals surface area contributed by atoms with Gasteiger partial charge < -0.3 is 24.5 Å². The summed E-state index contributed by atoms with van der Waals surface area (Å²) in [7, 11) is 1.32. The van der Waals surface area contributed by atoms with Gasteiger partial charge in [-0.15, -0.1) is 0 Å². The molecular formula is C42H41N3O5. The van der Waals surface area contributed by atoms with Crippen LogP contribution in [-0.4, -0.2) is 48.1 Å². The van der Waals surface area contributed by atoms with Gasteiger partial charge in [-0.3, -0.25) is 9.69 Å². The fourth-order valence-corrected chi connectivity index (χ4v) is 5.85. The van der Waals surface area contributed by atoms with Gasteiger partial charge >= 0.3 is 5.97 Å². The number of aromatic amines is 1. The highest BCUT2D eigenvalue weighted by Gasteiger charge is 2.24. The van der Waals surface area contributed by atoms with E-state index in [0.29, 0.717) is 30.3 Å². The molecule has 0 aliphatic heterocycles. The molecule has 50 heavy (non-hydrogen) atoms. The van der Waals surface area contributed by atoms with Crippen LogP contribution in [0.1, 0.15) is 32.6 Å². The molecule has 0 aliphatic carbocycles. The summed E-state index contributed by atoms with van der Waals surface area (Å²) in [6, 6.07) is 42.6. The number of nitrogens with one attached hydrogen (secondary N) is 2. The third kappa shape index (κ3) is 9.39. The summed E-state index contributed by atoms with van der Waals surface area (Å²) in [6.07, 6.45) is 2.09. The van der Waals surface area contributed by atoms with Gasteiger partial charge in [-0.05, 0) is 64.7 Å². The lowest BCUT2D eigenvalue weighted by Gasteiger charge is -2.23. The zero-order chi connectivity index (χ0) is 34.5. The number of methoxy groups -OCH3 is 1. The van der Waals surface area contributed by atoms with Crippen molar-refractivity contribution in [3.05, 3.63) is 167 Å². The Kier molecular flexibility index (Phi) is 11.6. The Labute approximate surface area is 292 Å². The van der Waals surface area contributed by atoms with Crippen LogP contribution >= 0.6 is 0 Å². The lowest BCUT2D eigenvalue weighted by molar-refractivity contribution is -0.142. The average Bonchev–Trinajstić information content (AvgIpc) is 3.56. The first-order valence-electron chi connectivity index (χ1n) is 16.7. The number of fused-ring (bicyclic) bond motifs is 1. The van der Waals surface area contributed by atoms with Crippen molar-refractivity contribution < 1.29 is 23.8 Å². The number of amides is 1. The lowest BCUT2D eigenvalue weighted by Crippen LogP contribution is -2.43. The van der Waals surface area contributed by atoms with E-state index in [0.717, 1.165) is 41.7 Å². The van der Waals surface area contributed by atoms with Crippen molar-refractivity contribution in [1.82, 2.24) is 15.2 Å². The number of carbonyl (C=O) groups excluding carboxylic acids is 2. The van der Waals surface area contributed by atoms with Crippen molar-refractivity contribution in [2.75, 3.05) is 20.3 Å². The molecule has 1 heterocycles. The summed E-state index contributed by atoms with van der Waals surface area (Å²) in [5.41, 5.74) is 5.73. The van der Waals surface area contributed by atoms with E-state index in [1.165, 1.54) is 18.2 Å². The summed E-state index contributed by atoms with van der Waals surface area (Å²) in [5.74, 6) is 0.466. The van der Waals surface area contributed by atoms with Crippen molar-refractivity contribution in [3.8, 4) is 11.5 Å². The van der Waals surface area contributed by atoms with Crippen LogP contribution in [0.15, 0.2) is 140 Å². The highest BCUT2D eigenvalue weighted by molar-refractivity contribution is 5.97. The van der Waals surface area contributed by atoms with E-state index in [1.54, 1.807) is 24.3 Å². The summed E-state index contributed by atoms with van der Waals surface area (Å²) < 4.78 is 17.2. The molecule has 1 atom stereocenters. The maximum atomic E-state index is 13.3. The number of rotatable bonds is 16. The van der Waals surface area contributed by atoms with Crippen molar-refractivity contribution in [2.24, 2.45) is 0 Å². The van der Waals surface area contributed by atoms with Gasteiger partial charge in [-0.25, -0.2) is 4.79 Å². The minimum atomic E-state index is -0.892. The Hall–Kier alpha value is -5.86. The number of aromatic nitrogens is 1. The van der Waals surface area contributed by atoms with Crippen LogP contribution in [0, 0.1) is 0 Å². The number of hydrogen-bond donors (Lipinski definition) is 2. The number of carbonyl (C=O) groups is 2. The zero-order valence-corrected chi connectivity index (χ0v) is 28.1. The fraction of sp³-hybridized carbons (Fsp3) is 0.190. The maximum Gasteiger partial charge on any atom is 0.328 e. The molecule has 0 saturated carbocycles. The Morgan fingerprint density at radius 2 is 1.32 bits per heavy atom. The lowest BCUT2D eigenvalue weighted by atomic mass is 10.0. The van der Waals surface area contributed by atoms with E-state index < -0.39 is 12.0 Å². The molecule has 8 heteroatoms. The third-order valence-electron chi connectivity index (χ3n) is 8.49. The Balaban J connectivity index is 1.05. The molecule has 6 rings (SSSR count). The second-order valence-electron chi connectivity index (χ2n) is 12.1. The Morgan fingerprint density at radius 1 is 0.720 bits per heavy atom. The molecule has 1 aromatic heterocycles. The first kappa shape index (κ1) is 34.0. The van der Waals surface area contributed by atoms with E-state index in [4.69, 9.17) is 14.2 Å². The summed E-state index contributed by atoms with van der Waals surface area (Å²) in [5, 5.41) is 3.77. The Morgan fingerprint density at radius 3 is 1.94 bits per heavy atom. The van der Waals surface area contributed by atoms with Gasteiger partial charge in [0.15, 0.2) is 0 Å². The van der Waals surface area contributed by atoms with E-state index >= 15 is 0 Å². The van der Waals surface area contributed by atoms with Gasteiger partial charge in [0.2, 0.25) is 0 Å². The van der Waals surface area contributed by atoms with Crippen LogP contribution in [-0.2, 0) is 35.6 Å². The van der Waals surface area contributed by atoms with Gasteiger partial charge in [0.05, 0.1) is 7.11 Å². The number of ether oxygens (including phenoxy) is 3. The van der Waals surface area contributed by atoms with Crippen LogP contribution in [0.25, 0.3) is 10.9 Å². The first-order valence-corrected chi connectivity index (χ1v) is 16.7. The molecule has 1 amide bonds. The van der Waals surface area contributed by atoms with Crippen molar-refractivity contribution in [2.45, 2.75) is 32.2 Å². The summed E-state index contributed by atoms with van der Waals surface area (Å²) in [6.45, 7) is 3.26. The monoisotopic (exact) mass is 667 g/mol. The molecule has 254 valence electrons. The minimum Gasteiger partial charge on any atom is -0.492 e. The SMILES string of the molecule is COC(=O)C(Cc1c[nH]c2ccc(OCc3ccccc3)cc12)NC(=O)c1ccc(OCCN(Cc2ccccc2)Cc2ccccc2)cc1. The van der Waals surface area contributed by atoms with Crippen LogP contribution in [0.2, 0.25) is 0 Å². The molecule has 6 aromatic rings. The Bertz CT molecular complexity index is 1920. The molecule has 0 aliphatic rings. The number of hydrogen-bond acceptors (Lipinski definition) is 6. The van der Waals surface area contributed by atoms with E-state index in [1.807, 2.05) is 66.9 Å². The molecule has 5 aromatic carbocycles. The number of benzene rings is 5. The highest BCUT2D eigenvalue weighted by atomic mass is 16.5. The average molecular weight is 668 g/mol. The standard InChI is InChI=1S/C42H41N3O5/c1-48-42(47)40(25-35-27-43-39-22-21-37(26-38(35)39)50-30-33-15-9-4-10-16-33)44-41(46)34-17-19-36(20-18-34)49-24-23-45(28-31-11-5-2-6-12-31)29-32-13-7-3-8-14-32/h2-22,26-27,40,43H,23-25,28-30H2,1H3,(H,44,46). The predicted molar refractivity (Wildman–Crippen MR) is 195 cm³/mol.